The SMILES string of the molecule is O=C(/C(=C/c1ccccc1)C[N+](=O)[O-])c1ccc(Br)cc1. The second-order valence-corrected chi connectivity index (χ2v) is 5.32. The second-order valence-electron chi connectivity index (χ2n) is 4.41. The van der Waals surface area contributed by atoms with Gasteiger partial charge in [0.05, 0.1) is 5.57 Å². The number of ketones is 1. The Morgan fingerprint density at radius 1 is 1.10 bits per heavy atom. The largest absolute Gasteiger partial charge is 0.289 e. The van der Waals surface area contributed by atoms with Gasteiger partial charge in [0.1, 0.15) is 0 Å². The molecule has 0 aromatic heterocycles. The van der Waals surface area contributed by atoms with Crippen molar-refractivity contribution in [1.82, 2.24) is 0 Å². The molecule has 0 aliphatic heterocycles. The third-order valence-electron chi connectivity index (χ3n) is 2.84. The zero-order valence-electron chi connectivity index (χ0n) is 11.0. The van der Waals surface area contributed by atoms with Crippen LogP contribution in [0.15, 0.2) is 64.6 Å². The summed E-state index contributed by atoms with van der Waals surface area (Å²) >= 11 is 3.29. The third-order valence-corrected chi connectivity index (χ3v) is 3.37. The summed E-state index contributed by atoms with van der Waals surface area (Å²) in [6.45, 7) is -0.496. The average Bonchev–Trinajstić information content (AvgIpc) is 2.47. The highest BCUT2D eigenvalue weighted by Crippen LogP contribution is 2.16. The van der Waals surface area contributed by atoms with E-state index >= 15 is 0 Å². The zero-order chi connectivity index (χ0) is 15.2. The minimum atomic E-state index is -0.496. The van der Waals surface area contributed by atoms with Crippen LogP contribution in [0.1, 0.15) is 15.9 Å². The number of hydrogen-bond acceptors (Lipinski definition) is 3. The van der Waals surface area contributed by atoms with E-state index in [1.807, 2.05) is 18.2 Å². The Kier molecular flexibility index (Phi) is 5.00. The first-order chi connectivity index (χ1) is 10.1. The summed E-state index contributed by atoms with van der Waals surface area (Å²) in [7, 11) is 0. The standard InChI is InChI=1S/C16H12BrNO3/c17-15-8-6-13(7-9-15)16(19)14(11-18(20)21)10-12-4-2-1-3-5-12/h1-10H,11H2/b14-10+. The summed E-state index contributed by atoms with van der Waals surface area (Å²) in [5, 5.41) is 10.8. The molecule has 0 N–H and O–H groups in total. The molecule has 0 spiro atoms. The fourth-order valence-corrected chi connectivity index (χ4v) is 2.12. The number of benzene rings is 2. The predicted molar refractivity (Wildman–Crippen MR) is 84.8 cm³/mol. The van der Waals surface area contributed by atoms with Gasteiger partial charge in [-0.15, -0.1) is 0 Å². The summed E-state index contributed by atoms with van der Waals surface area (Å²) in [4.78, 5) is 22.7. The highest BCUT2D eigenvalue weighted by atomic mass is 79.9. The van der Waals surface area contributed by atoms with Gasteiger partial charge in [-0.1, -0.05) is 46.3 Å². The lowest BCUT2D eigenvalue weighted by atomic mass is 10.0. The van der Waals surface area contributed by atoms with Crippen LogP contribution in [0.25, 0.3) is 6.08 Å². The predicted octanol–water partition coefficient (Wildman–Crippen LogP) is 3.99. The van der Waals surface area contributed by atoms with Crippen molar-refractivity contribution in [3.63, 3.8) is 0 Å². The fourth-order valence-electron chi connectivity index (χ4n) is 1.86. The van der Waals surface area contributed by atoms with Crippen LogP contribution in [-0.2, 0) is 0 Å². The number of halogens is 1. The van der Waals surface area contributed by atoms with Crippen molar-refractivity contribution in [3.05, 3.63) is 85.9 Å². The molecule has 4 nitrogen and oxygen atoms in total. The molecule has 5 heteroatoms. The minimum absolute atomic E-state index is 0.161. The molecule has 0 saturated carbocycles. The van der Waals surface area contributed by atoms with E-state index in [9.17, 15) is 14.9 Å². The normalized spacial score (nSPS) is 11.2. The molecule has 106 valence electrons. The molecule has 0 saturated heterocycles. The molecular formula is C16H12BrNO3. The summed E-state index contributed by atoms with van der Waals surface area (Å²) < 4.78 is 0.849. The maximum Gasteiger partial charge on any atom is 0.232 e. The average molecular weight is 346 g/mol. The number of nitrogens with zero attached hydrogens (tertiary/aromatic N) is 1. The monoisotopic (exact) mass is 345 g/mol. The molecule has 0 bridgehead atoms. The molecule has 2 rings (SSSR count). The first kappa shape index (κ1) is 15.1. The Labute approximate surface area is 130 Å². The van der Waals surface area contributed by atoms with Crippen molar-refractivity contribution >= 4 is 27.8 Å². The first-order valence-electron chi connectivity index (χ1n) is 6.24. The summed E-state index contributed by atoms with van der Waals surface area (Å²) in [6, 6.07) is 15.8. The van der Waals surface area contributed by atoms with Crippen molar-refractivity contribution in [2.45, 2.75) is 0 Å². The van der Waals surface area contributed by atoms with E-state index in [1.165, 1.54) is 0 Å². The summed E-state index contributed by atoms with van der Waals surface area (Å²) in [5.41, 5.74) is 1.36. The number of Topliss-reactive ketones (excluding diaryl/α,β-unsaturated/α-hetero) is 1. The number of carbonyl (C=O) groups excluding carboxylic acids is 1. The highest BCUT2D eigenvalue weighted by Gasteiger charge is 2.17. The van der Waals surface area contributed by atoms with Gasteiger partial charge < -0.3 is 0 Å². The Morgan fingerprint density at radius 3 is 2.29 bits per heavy atom. The van der Waals surface area contributed by atoms with Crippen LogP contribution in [0.4, 0.5) is 0 Å². The maximum atomic E-state index is 12.4. The van der Waals surface area contributed by atoms with Gasteiger partial charge in [-0.05, 0) is 35.9 Å². The Hall–Kier alpha value is -2.27. The zero-order valence-corrected chi connectivity index (χ0v) is 12.6. The van der Waals surface area contributed by atoms with Gasteiger partial charge in [0.15, 0.2) is 5.78 Å². The maximum absolute atomic E-state index is 12.4. The smallest absolute Gasteiger partial charge is 0.232 e. The van der Waals surface area contributed by atoms with Crippen LogP contribution in [0, 0.1) is 10.1 Å². The fraction of sp³-hybridized carbons (Fsp3) is 0.0625. The summed E-state index contributed by atoms with van der Waals surface area (Å²) in [6.07, 6.45) is 1.56. The molecular weight excluding hydrogens is 334 g/mol. The molecule has 0 atom stereocenters. The van der Waals surface area contributed by atoms with Gasteiger partial charge in [0.25, 0.3) is 0 Å². The molecule has 0 amide bonds. The molecule has 0 aliphatic rings. The molecule has 0 fully saturated rings. The molecule has 21 heavy (non-hydrogen) atoms. The Bertz CT molecular complexity index is 678. The van der Waals surface area contributed by atoms with Crippen molar-refractivity contribution < 1.29 is 9.72 Å². The van der Waals surface area contributed by atoms with Crippen LogP contribution in [-0.4, -0.2) is 17.3 Å². The molecule has 2 aromatic rings. The second kappa shape index (κ2) is 6.95. The number of carbonyl (C=O) groups is 1. The van der Waals surface area contributed by atoms with Gasteiger partial charge in [0, 0.05) is 15.0 Å². The lowest BCUT2D eigenvalue weighted by Crippen LogP contribution is -2.13. The van der Waals surface area contributed by atoms with Crippen LogP contribution in [0.3, 0.4) is 0 Å². The van der Waals surface area contributed by atoms with E-state index in [0.717, 1.165) is 10.0 Å². The van der Waals surface area contributed by atoms with E-state index in [1.54, 1.807) is 42.5 Å². The van der Waals surface area contributed by atoms with Crippen molar-refractivity contribution in [3.8, 4) is 0 Å². The van der Waals surface area contributed by atoms with Gasteiger partial charge >= 0.3 is 0 Å². The van der Waals surface area contributed by atoms with Gasteiger partial charge in [-0.3, -0.25) is 14.9 Å². The van der Waals surface area contributed by atoms with E-state index < -0.39 is 11.5 Å². The van der Waals surface area contributed by atoms with Gasteiger partial charge in [0.2, 0.25) is 6.54 Å². The number of rotatable bonds is 5. The van der Waals surface area contributed by atoms with Crippen LogP contribution in [0.5, 0.6) is 0 Å². The molecule has 0 heterocycles. The van der Waals surface area contributed by atoms with Gasteiger partial charge in [-0.2, -0.15) is 0 Å². The van der Waals surface area contributed by atoms with Crippen LogP contribution < -0.4 is 0 Å². The third kappa shape index (κ3) is 4.36. The minimum Gasteiger partial charge on any atom is -0.289 e. The topological polar surface area (TPSA) is 60.2 Å². The molecule has 0 aliphatic carbocycles. The quantitative estimate of drug-likeness (QED) is 0.356. The number of hydrogen-bond donors (Lipinski definition) is 0. The first-order valence-corrected chi connectivity index (χ1v) is 7.03. The Morgan fingerprint density at radius 2 is 1.71 bits per heavy atom. The van der Waals surface area contributed by atoms with Crippen LogP contribution in [0.2, 0.25) is 0 Å². The molecule has 0 unspecified atom stereocenters. The Balaban J connectivity index is 2.36. The van der Waals surface area contributed by atoms with E-state index in [2.05, 4.69) is 15.9 Å². The van der Waals surface area contributed by atoms with E-state index in [0.29, 0.717) is 5.56 Å². The highest BCUT2D eigenvalue weighted by molar-refractivity contribution is 9.10. The molecule has 0 radical (unpaired) electrons. The summed E-state index contributed by atoms with van der Waals surface area (Å²) in [5.74, 6) is -0.331. The number of nitro groups is 1. The van der Waals surface area contributed by atoms with E-state index in [4.69, 9.17) is 0 Å². The van der Waals surface area contributed by atoms with Crippen molar-refractivity contribution in [2.24, 2.45) is 0 Å². The lowest BCUT2D eigenvalue weighted by molar-refractivity contribution is -0.469. The van der Waals surface area contributed by atoms with Crippen molar-refractivity contribution in [1.29, 1.82) is 0 Å². The van der Waals surface area contributed by atoms with Crippen molar-refractivity contribution in [2.75, 3.05) is 6.54 Å². The van der Waals surface area contributed by atoms with Gasteiger partial charge in [-0.25, -0.2) is 0 Å². The van der Waals surface area contributed by atoms with E-state index in [-0.39, 0.29) is 11.4 Å². The lowest BCUT2D eigenvalue weighted by Gasteiger charge is -2.04. The molecule has 2 aromatic carbocycles. The van der Waals surface area contributed by atoms with Crippen LogP contribution >= 0.6 is 15.9 Å².